The first-order valence-corrected chi connectivity index (χ1v) is 3.16. The standard InChI is InChI=1S/C2H4NO4P/c3-1-2-7-8(4,5)6/h2H2,(H2,4,5,6). The zero-order valence-corrected chi connectivity index (χ0v) is 4.71. The van der Waals surface area contributed by atoms with Crippen LogP contribution >= 0.6 is 7.82 Å². The van der Waals surface area contributed by atoms with E-state index in [9.17, 15) is 4.57 Å². The summed E-state index contributed by atoms with van der Waals surface area (Å²) in [6.07, 6.45) is 0. The van der Waals surface area contributed by atoms with Gasteiger partial charge in [-0.05, 0) is 0 Å². The molecule has 6 heteroatoms. The summed E-state index contributed by atoms with van der Waals surface area (Å²) in [6, 6.07) is 1.41. The average Bonchev–Trinajstić information content (AvgIpc) is 1.59. The molecule has 0 aliphatic rings. The second kappa shape index (κ2) is 2.80. The zero-order chi connectivity index (χ0) is 6.62. The Morgan fingerprint density at radius 3 is 2.38 bits per heavy atom. The summed E-state index contributed by atoms with van der Waals surface area (Å²) >= 11 is 0. The highest BCUT2D eigenvalue weighted by atomic mass is 31.2. The molecular weight excluding hydrogens is 133 g/mol. The molecule has 0 aromatic heterocycles. The molecule has 0 rings (SSSR count). The third kappa shape index (κ3) is 5.60. The van der Waals surface area contributed by atoms with Crippen LogP contribution in [-0.4, -0.2) is 16.4 Å². The van der Waals surface area contributed by atoms with Crippen molar-refractivity contribution in [2.75, 3.05) is 6.61 Å². The number of phosphoric acid groups is 1. The van der Waals surface area contributed by atoms with E-state index in [0.717, 1.165) is 0 Å². The number of hydrogen-bond donors (Lipinski definition) is 2. The second-order valence-corrected chi connectivity index (χ2v) is 2.16. The lowest BCUT2D eigenvalue weighted by molar-refractivity contribution is 0.218. The van der Waals surface area contributed by atoms with Crippen LogP contribution in [0.4, 0.5) is 0 Å². The van der Waals surface area contributed by atoms with Crippen LogP contribution < -0.4 is 0 Å². The van der Waals surface area contributed by atoms with Gasteiger partial charge in [-0.15, -0.1) is 0 Å². The van der Waals surface area contributed by atoms with Gasteiger partial charge in [0.15, 0.2) is 0 Å². The van der Waals surface area contributed by atoms with Crippen molar-refractivity contribution in [1.82, 2.24) is 0 Å². The first-order chi connectivity index (χ1) is 3.56. The molecule has 0 bridgehead atoms. The maximum absolute atomic E-state index is 9.71. The second-order valence-electron chi connectivity index (χ2n) is 0.922. The van der Waals surface area contributed by atoms with Crippen molar-refractivity contribution < 1.29 is 18.9 Å². The minimum atomic E-state index is -4.40. The van der Waals surface area contributed by atoms with Crippen molar-refractivity contribution in [3.63, 3.8) is 0 Å². The normalized spacial score (nSPS) is 10.6. The van der Waals surface area contributed by atoms with E-state index < -0.39 is 14.4 Å². The lowest BCUT2D eigenvalue weighted by Crippen LogP contribution is -1.86. The van der Waals surface area contributed by atoms with Gasteiger partial charge in [0.05, 0.1) is 6.07 Å². The molecule has 0 heterocycles. The maximum atomic E-state index is 9.71. The molecule has 0 aliphatic carbocycles. The van der Waals surface area contributed by atoms with Crippen LogP contribution in [-0.2, 0) is 9.09 Å². The minimum Gasteiger partial charge on any atom is -0.303 e. The summed E-state index contributed by atoms with van der Waals surface area (Å²) in [5.41, 5.74) is 0. The molecular formula is C2H4NO4P. The van der Waals surface area contributed by atoms with E-state index >= 15 is 0 Å². The van der Waals surface area contributed by atoms with Crippen LogP contribution in [0.1, 0.15) is 0 Å². The first-order valence-electron chi connectivity index (χ1n) is 1.63. The van der Waals surface area contributed by atoms with Crippen LogP contribution in [0.15, 0.2) is 0 Å². The predicted molar refractivity (Wildman–Crippen MR) is 23.6 cm³/mol. The Morgan fingerprint density at radius 1 is 1.75 bits per heavy atom. The van der Waals surface area contributed by atoms with E-state index in [1.807, 2.05) is 0 Å². The highest BCUT2D eigenvalue weighted by Gasteiger charge is 2.11. The van der Waals surface area contributed by atoms with Gasteiger partial charge in [-0.3, -0.25) is 4.52 Å². The molecule has 0 atom stereocenters. The monoisotopic (exact) mass is 137 g/mol. The molecule has 5 nitrogen and oxygen atoms in total. The highest BCUT2D eigenvalue weighted by Crippen LogP contribution is 2.34. The number of nitrogens with zero attached hydrogens (tertiary/aromatic N) is 1. The smallest absolute Gasteiger partial charge is 0.303 e. The van der Waals surface area contributed by atoms with Crippen molar-refractivity contribution in [2.24, 2.45) is 0 Å². The van der Waals surface area contributed by atoms with Crippen molar-refractivity contribution >= 4 is 7.82 Å². The summed E-state index contributed by atoms with van der Waals surface area (Å²) in [6.45, 7) is -0.579. The Hall–Kier alpha value is -0.400. The molecule has 0 aromatic carbocycles. The minimum absolute atomic E-state index is 0.579. The Labute approximate surface area is 45.7 Å². The summed E-state index contributed by atoms with van der Waals surface area (Å²) in [4.78, 5) is 15.8. The lowest BCUT2D eigenvalue weighted by Gasteiger charge is -1.96. The Bertz CT molecular complexity index is 143. The van der Waals surface area contributed by atoms with Gasteiger partial charge in [-0.1, -0.05) is 0 Å². The zero-order valence-electron chi connectivity index (χ0n) is 3.81. The third-order valence-corrected chi connectivity index (χ3v) is 0.763. The highest BCUT2D eigenvalue weighted by molar-refractivity contribution is 7.46. The van der Waals surface area contributed by atoms with Gasteiger partial charge in [0.1, 0.15) is 6.61 Å². The summed E-state index contributed by atoms with van der Waals surface area (Å²) in [7, 11) is -4.40. The average molecular weight is 137 g/mol. The molecule has 0 aliphatic heterocycles. The van der Waals surface area contributed by atoms with Crippen molar-refractivity contribution in [2.45, 2.75) is 0 Å². The van der Waals surface area contributed by atoms with Crippen LogP contribution in [0.5, 0.6) is 0 Å². The van der Waals surface area contributed by atoms with Gasteiger partial charge in [0, 0.05) is 0 Å². The summed E-state index contributed by atoms with van der Waals surface area (Å²) in [5.74, 6) is 0. The molecule has 0 radical (unpaired) electrons. The summed E-state index contributed by atoms with van der Waals surface area (Å²) < 4.78 is 13.4. The molecule has 8 heavy (non-hydrogen) atoms. The van der Waals surface area contributed by atoms with Gasteiger partial charge in [-0.2, -0.15) is 5.26 Å². The van der Waals surface area contributed by atoms with E-state index in [0.29, 0.717) is 0 Å². The Kier molecular flexibility index (Phi) is 2.66. The number of rotatable bonds is 2. The number of nitriles is 1. The van der Waals surface area contributed by atoms with Crippen molar-refractivity contribution in [3.8, 4) is 6.07 Å². The van der Waals surface area contributed by atoms with Gasteiger partial charge in [0.25, 0.3) is 0 Å². The number of hydrogen-bond acceptors (Lipinski definition) is 3. The predicted octanol–water partition coefficient (Wildman–Crippen LogP) is -0.381. The van der Waals surface area contributed by atoms with Crippen LogP contribution in [0.3, 0.4) is 0 Å². The largest absolute Gasteiger partial charge is 0.470 e. The number of phosphoric ester groups is 1. The molecule has 0 spiro atoms. The SMILES string of the molecule is N#CCOP(=O)(O)O. The lowest BCUT2D eigenvalue weighted by atomic mass is 10.9. The quantitative estimate of drug-likeness (QED) is 0.506. The topological polar surface area (TPSA) is 90.5 Å². The maximum Gasteiger partial charge on any atom is 0.470 e. The molecule has 0 saturated carbocycles. The fraction of sp³-hybridized carbons (Fsp3) is 0.500. The van der Waals surface area contributed by atoms with Crippen LogP contribution in [0.2, 0.25) is 0 Å². The van der Waals surface area contributed by atoms with Crippen molar-refractivity contribution in [1.29, 1.82) is 5.26 Å². The van der Waals surface area contributed by atoms with Gasteiger partial charge >= 0.3 is 7.82 Å². The molecule has 0 saturated heterocycles. The first kappa shape index (κ1) is 7.60. The fourth-order valence-corrected chi connectivity index (χ4v) is 0.339. The van der Waals surface area contributed by atoms with Crippen LogP contribution in [0, 0.1) is 11.3 Å². The van der Waals surface area contributed by atoms with E-state index in [-0.39, 0.29) is 0 Å². The Morgan fingerprint density at radius 2 is 2.25 bits per heavy atom. The van der Waals surface area contributed by atoms with E-state index in [2.05, 4.69) is 4.52 Å². The van der Waals surface area contributed by atoms with Gasteiger partial charge in [-0.25, -0.2) is 4.57 Å². The van der Waals surface area contributed by atoms with Crippen molar-refractivity contribution in [3.05, 3.63) is 0 Å². The van der Waals surface area contributed by atoms with Gasteiger partial charge in [0.2, 0.25) is 0 Å². The fourth-order valence-electron chi connectivity index (χ4n) is 0.113. The molecule has 46 valence electrons. The molecule has 0 unspecified atom stereocenters. The molecule has 2 N–H and O–H groups in total. The summed E-state index contributed by atoms with van der Waals surface area (Å²) in [5, 5.41) is 7.71. The van der Waals surface area contributed by atoms with E-state index in [4.69, 9.17) is 15.0 Å². The van der Waals surface area contributed by atoms with Crippen LogP contribution in [0.25, 0.3) is 0 Å². The molecule has 0 fully saturated rings. The third-order valence-electron chi connectivity index (χ3n) is 0.297. The van der Waals surface area contributed by atoms with E-state index in [1.54, 1.807) is 0 Å². The van der Waals surface area contributed by atoms with E-state index in [1.165, 1.54) is 6.07 Å². The van der Waals surface area contributed by atoms with Gasteiger partial charge < -0.3 is 9.79 Å². The Balaban J connectivity index is 3.45. The molecule has 0 amide bonds. The molecule has 0 aromatic rings.